The number of nitrogens with zero attached hydrogens (tertiary/aromatic N) is 2. The highest BCUT2D eigenvalue weighted by molar-refractivity contribution is 7.89. The molecule has 0 bridgehead atoms. The van der Waals surface area contributed by atoms with Crippen molar-refractivity contribution in [3.05, 3.63) is 57.6 Å². The van der Waals surface area contributed by atoms with Gasteiger partial charge in [0.1, 0.15) is 16.4 Å². The monoisotopic (exact) mass is 433 g/mol. The van der Waals surface area contributed by atoms with Crippen LogP contribution in [0.3, 0.4) is 0 Å². The molecule has 8 nitrogen and oxygen atoms in total. The van der Waals surface area contributed by atoms with Crippen LogP contribution in [0.25, 0.3) is 0 Å². The van der Waals surface area contributed by atoms with Gasteiger partial charge in [-0.15, -0.1) is 12.4 Å². The van der Waals surface area contributed by atoms with Crippen molar-refractivity contribution in [2.75, 3.05) is 26.2 Å². The number of benzene rings is 2. The average molecular weight is 434 g/mol. The zero-order valence-electron chi connectivity index (χ0n) is 14.0. The van der Waals surface area contributed by atoms with E-state index in [1.165, 1.54) is 16.4 Å². The predicted molar refractivity (Wildman–Crippen MR) is 103 cm³/mol. The molecule has 2 aromatic carbocycles. The number of non-ortho nitro benzene ring substituents is 1. The molecule has 146 valence electrons. The standard InChI is InChI=1S/C16H16ClN3O5S.ClH/c17-13-3-1-2-4-14(13)25-15-6-5-12(20(21)22)11-16(15)26(23,24)19-9-7-18-8-10-19;/h1-6,11,18H,7-10H2;1H. The molecule has 1 heterocycles. The van der Waals surface area contributed by atoms with E-state index in [-0.39, 0.29) is 47.6 Å². The first kappa shape index (κ1) is 21.4. The Morgan fingerprint density at radius 2 is 1.78 bits per heavy atom. The van der Waals surface area contributed by atoms with E-state index in [9.17, 15) is 18.5 Å². The topological polar surface area (TPSA) is 102 Å². The molecule has 0 unspecified atom stereocenters. The molecule has 0 saturated carbocycles. The molecular weight excluding hydrogens is 417 g/mol. The van der Waals surface area contributed by atoms with Crippen LogP contribution in [0.15, 0.2) is 47.4 Å². The van der Waals surface area contributed by atoms with E-state index in [0.29, 0.717) is 18.1 Å². The molecular formula is C16H17Cl2N3O5S. The normalized spacial score (nSPS) is 15.0. The molecule has 11 heteroatoms. The Kier molecular flexibility index (Phi) is 7.01. The van der Waals surface area contributed by atoms with Crippen molar-refractivity contribution >= 4 is 39.7 Å². The van der Waals surface area contributed by atoms with Crippen LogP contribution in [0.2, 0.25) is 5.02 Å². The number of nitro groups is 1. The van der Waals surface area contributed by atoms with Gasteiger partial charge in [0.15, 0.2) is 0 Å². The Labute approximate surface area is 167 Å². The van der Waals surface area contributed by atoms with E-state index in [1.807, 2.05) is 0 Å². The number of para-hydroxylation sites is 1. The highest BCUT2D eigenvalue weighted by Gasteiger charge is 2.31. The van der Waals surface area contributed by atoms with Gasteiger partial charge < -0.3 is 10.1 Å². The van der Waals surface area contributed by atoms with Crippen LogP contribution in [-0.4, -0.2) is 43.8 Å². The molecule has 0 spiro atoms. The van der Waals surface area contributed by atoms with Crippen LogP contribution in [0.4, 0.5) is 5.69 Å². The molecule has 27 heavy (non-hydrogen) atoms. The summed E-state index contributed by atoms with van der Waals surface area (Å²) < 4.78 is 33.0. The van der Waals surface area contributed by atoms with Gasteiger partial charge in [-0.1, -0.05) is 23.7 Å². The molecule has 1 aliphatic rings. The fourth-order valence-electron chi connectivity index (χ4n) is 2.57. The summed E-state index contributed by atoms with van der Waals surface area (Å²) in [5.41, 5.74) is -0.329. The molecule has 1 saturated heterocycles. The minimum Gasteiger partial charge on any atom is -0.454 e. The number of nitro benzene ring substituents is 1. The lowest BCUT2D eigenvalue weighted by atomic mass is 10.3. The number of piperazine rings is 1. The molecule has 1 N–H and O–H groups in total. The van der Waals surface area contributed by atoms with Crippen molar-refractivity contribution < 1.29 is 18.1 Å². The smallest absolute Gasteiger partial charge is 0.271 e. The molecule has 0 amide bonds. The van der Waals surface area contributed by atoms with Crippen LogP contribution in [-0.2, 0) is 10.0 Å². The summed E-state index contributed by atoms with van der Waals surface area (Å²) in [6.07, 6.45) is 0. The number of hydrogen-bond donors (Lipinski definition) is 1. The van der Waals surface area contributed by atoms with Gasteiger partial charge in [0.25, 0.3) is 5.69 Å². The number of sulfonamides is 1. The number of hydrogen-bond acceptors (Lipinski definition) is 6. The second-order valence-corrected chi connectivity index (χ2v) is 7.89. The average Bonchev–Trinajstić information content (AvgIpc) is 2.64. The van der Waals surface area contributed by atoms with E-state index in [4.69, 9.17) is 16.3 Å². The lowest BCUT2D eigenvalue weighted by molar-refractivity contribution is -0.385. The lowest BCUT2D eigenvalue weighted by Gasteiger charge is -2.27. The van der Waals surface area contributed by atoms with E-state index < -0.39 is 14.9 Å². The van der Waals surface area contributed by atoms with Gasteiger partial charge in [-0.25, -0.2) is 8.42 Å². The quantitative estimate of drug-likeness (QED) is 0.574. The van der Waals surface area contributed by atoms with Gasteiger partial charge in [-0.2, -0.15) is 4.31 Å². The van der Waals surface area contributed by atoms with E-state index in [2.05, 4.69) is 5.32 Å². The number of ether oxygens (including phenoxy) is 1. The van der Waals surface area contributed by atoms with Gasteiger partial charge in [-0.05, 0) is 18.2 Å². The third kappa shape index (κ3) is 4.69. The summed E-state index contributed by atoms with van der Waals surface area (Å²) in [6.45, 7) is 1.57. The molecule has 3 rings (SSSR count). The minimum atomic E-state index is -3.96. The summed E-state index contributed by atoms with van der Waals surface area (Å²) in [7, 11) is -3.96. The van der Waals surface area contributed by atoms with Crippen LogP contribution in [0.5, 0.6) is 11.5 Å². The third-order valence-corrected chi connectivity index (χ3v) is 6.12. The van der Waals surface area contributed by atoms with E-state index >= 15 is 0 Å². The maximum Gasteiger partial charge on any atom is 0.271 e. The van der Waals surface area contributed by atoms with Gasteiger partial charge >= 0.3 is 0 Å². The second-order valence-electron chi connectivity index (χ2n) is 5.57. The zero-order chi connectivity index (χ0) is 18.7. The minimum absolute atomic E-state index is 0. The summed E-state index contributed by atoms with van der Waals surface area (Å²) >= 11 is 6.07. The van der Waals surface area contributed by atoms with Gasteiger partial charge in [0.05, 0.1) is 9.95 Å². The maximum absolute atomic E-state index is 13.0. The predicted octanol–water partition coefficient (Wildman–Crippen LogP) is 3.06. The summed E-state index contributed by atoms with van der Waals surface area (Å²) in [6, 6.07) is 10.1. The fourth-order valence-corrected chi connectivity index (χ4v) is 4.32. The largest absolute Gasteiger partial charge is 0.454 e. The number of rotatable bonds is 5. The van der Waals surface area contributed by atoms with Gasteiger partial charge in [-0.3, -0.25) is 10.1 Å². The Bertz CT molecular complexity index is 933. The maximum atomic E-state index is 13.0. The Hall–Kier alpha value is -1.91. The van der Waals surface area contributed by atoms with Crippen molar-refractivity contribution in [2.45, 2.75) is 4.90 Å². The van der Waals surface area contributed by atoms with Crippen molar-refractivity contribution in [3.63, 3.8) is 0 Å². The zero-order valence-corrected chi connectivity index (χ0v) is 16.4. The molecule has 1 fully saturated rings. The van der Waals surface area contributed by atoms with Crippen molar-refractivity contribution in [1.82, 2.24) is 9.62 Å². The van der Waals surface area contributed by atoms with Crippen molar-refractivity contribution in [1.29, 1.82) is 0 Å². The van der Waals surface area contributed by atoms with Crippen LogP contribution >= 0.6 is 24.0 Å². The van der Waals surface area contributed by atoms with Crippen molar-refractivity contribution in [3.8, 4) is 11.5 Å². The molecule has 2 aromatic rings. The van der Waals surface area contributed by atoms with Gasteiger partial charge in [0.2, 0.25) is 10.0 Å². The highest BCUT2D eigenvalue weighted by Crippen LogP contribution is 2.36. The highest BCUT2D eigenvalue weighted by atomic mass is 35.5. The lowest BCUT2D eigenvalue weighted by Crippen LogP contribution is -2.46. The van der Waals surface area contributed by atoms with Gasteiger partial charge in [0, 0.05) is 38.3 Å². The SMILES string of the molecule is Cl.O=[N+]([O-])c1ccc(Oc2ccccc2Cl)c(S(=O)(=O)N2CCNCC2)c1. The third-order valence-electron chi connectivity index (χ3n) is 3.89. The Morgan fingerprint density at radius 1 is 1.11 bits per heavy atom. The summed E-state index contributed by atoms with van der Waals surface area (Å²) in [4.78, 5) is 10.2. The Morgan fingerprint density at radius 3 is 2.41 bits per heavy atom. The molecule has 0 atom stereocenters. The molecule has 0 aromatic heterocycles. The second kappa shape index (κ2) is 8.85. The molecule has 0 aliphatic carbocycles. The van der Waals surface area contributed by atoms with E-state index in [1.54, 1.807) is 24.3 Å². The number of nitrogens with one attached hydrogen (secondary N) is 1. The van der Waals surface area contributed by atoms with Crippen molar-refractivity contribution in [2.24, 2.45) is 0 Å². The summed E-state index contributed by atoms with van der Waals surface area (Å²) in [5.74, 6) is 0.252. The fraction of sp³-hybridized carbons (Fsp3) is 0.250. The van der Waals surface area contributed by atoms with E-state index in [0.717, 1.165) is 6.07 Å². The molecule has 0 radical (unpaired) electrons. The van der Waals surface area contributed by atoms with Crippen LogP contribution in [0.1, 0.15) is 0 Å². The number of halogens is 2. The first-order valence-electron chi connectivity index (χ1n) is 7.81. The van der Waals surface area contributed by atoms with Crippen LogP contribution < -0.4 is 10.1 Å². The van der Waals surface area contributed by atoms with Crippen LogP contribution in [0, 0.1) is 10.1 Å². The first-order chi connectivity index (χ1) is 12.4. The molecule has 1 aliphatic heterocycles. The first-order valence-corrected chi connectivity index (χ1v) is 9.63. The Balaban J connectivity index is 0.00000261. The summed E-state index contributed by atoms with van der Waals surface area (Å²) in [5, 5.41) is 14.5.